The molecule has 7 nitrogen and oxygen atoms in total. The summed E-state index contributed by atoms with van der Waals surface area (Å²) in [6.07, 6.45) is 11.4. The lowest BCUT2D eigenvalue weighted by Gasteiger charge is -2.55. The second-order valence-corrected chi connectivity index (χ2v) is 10.6. The molecule has 4 bridgehead atoms. The topological polar surface area (TPSA) is 79.3 Å². The number of anilines is 1. The van der Waals surface area contributed by atoms with E-state index in [1.807, 2.05) is 10.7 Å². The van der Waals surface area contributed by atoms with E-state index < -0.39 is 0 Å². The molecule has 4 saturated carbocycles. The number of piperidine rings is 1. The lowest BCUT2D eigenvalue weighted by molar-refractivity contribution is -0.146. The van der Waals surface area contributed by atoms with E-state index in [9.17, 15) is 9.59 Å². The fourth-order valence-corrected chi connectivity index (χ4v) is 7.26. The standard InChI is InChI=1S/C24H37N5O2/c1-2-28-9-5-20(6-10-28)29-21(3-8-26-29)27-22(30)4-7-25-23(31)24-14-17-11-18(15-24)13-19(12-17)16-24/h3,8,17-20H,2,4-7,9-16H2,1H3,(H,25,31)(H,27,30). The van der Waals surface area contributed by atoms with E-state index in [4.69, 9.17) is 0 Å². The third-order valence-corrected chi connectivity index (χ3v) is 8.45. The maximum absolute atomic E-state index is 13.0. The van der Waals surface area contributed by atoms with Crippen molar-refractivity contribution in [1.82, 2.24) is 20.0 Å². The molecule has 0 unspecified atom stereocenters. The smallest absolute Gasteiger partial charge is 0.227 e. The monoisotopic (exact) mass is 427 g/mol. The molecule has 2 heterocycles. The van der Waals surface area contributed by atoms with E-state index in [0.29, 0.717) is 19.0 Å². The van der Waals surface area contributed by atoms with Crippen LogP contribution in [0.25, 0.3) is 0 Å². The van der Waals surface area contributed by atoms with Crippen molar-refractivity contribution in [2.24, 2.45) is 23.2 Å². The van der Waals surface area contributed by atoms with Crippen LogP contribution in [-0.2, 0) is 9.59 Å². The van der Waals surface area contributed by atoms with Crippen LogP contribution in [0, 0.1) is 23.2 Å². The zero-order chi connectivity index (χ0) is 21.4. The van der Waals surface area contributed by atoms with Crippen molar-refractivity contribution < 1.29 is 9.59 Å². The van der Waals surface area contributed by atoms with Crippen LogP contribution >= 0.6 is 0 Å². The molecule has 1 aromatic rings. The molecular formula is C24H37N5O2. The Balaban J connectivity index is 1.10. The predicted octanol–water partition coefficient (Wildman–Crippen LogP) is 3.20. The van der Waals surface area contributed by atoms with E-state index in [0.717, 1.165) is 75.3 Å². The van der Waals surface area contributed by atoms with Crippen LogP contribution in [-0.4, -0.2) is 52.7 Å². The Bertz CT molecular complexity index is 775. The summed E-state index contributed by atoms with van der Waals surface area (Å²) in [5.41, 5.74) is -0.142. The fraction of sp³-hybridized carbons (Fsp3) is 0.792. The number of hydrogen-bond donors (Lipinski definition) is 2. The average molecular weight is 428 g/mol. The summed E-state index contributed by atoms with van der Waals surface area (Å²) in [6.45, 7) is 5.84. The Morgan fingerprint density at radius 2 is 1.74 bits per heavy atom. The number of carbonyl (C=O) groups is 2. The van der Waals surface area contributed by atoms with Gasteiger partial charge < -0.3 is 15.5 Å². The summed E-state index contributed by atoms with van der Waals surface area (Å²) in [5.74, 6) is 3.18. The Hall–Kier alpha value is -1.89. The van der Waals surface area contributed by atoms with Gasteiger partial charge in [-0.05, 0) is 75.7 Å². The largest absolute Gasteiger partial charge is 0.355 e. The molecule has 1 aromatic heterocycles. The number of likely N-dealkylation sites (tertiary alicyclic amines) is 1. The van der Waals surface area contributed by atoms with Gasteiger partial charge in [0.25, 0.3) is 0 Å². The minimum Gasteiger partial charge on any atom is -0.355 e. The predicted molar refractivity (Wildman–Crippen MR) is 119 cm³/mol. The van der Waals surface area contributed by atoms with E-state index in [1.54, 1.807) is 6.20 Å². The van der Waals surface area contributed by atoms with Crippen LogP contribution in [0.15, 0.2) is 12.3 Å². The van der Waals surface area contributed by atoms with Crippen LogP contribution in [0.3, 0.4) is 0 Å². The third kappa shape index (κ3) is 4.26. The van der Waals surface area contributed by atoms with Gasteiger partial charge in [-0.25, -0.2) is 4.68 Å². The molecule has 5 aliphatic rings. The molecule has 6 rings (SSSR count). The molecular weight excluding hydrogens is 390 g/mol. The van der Waals surface area contributed by atoms with Crippen molar-refractivity contribution in [1.29, 1.82) is 0 Å². The molecule has 2 N–H and O–H groups in total. The van der Waals surface area contributed by atoms with Gasteiger partial charge in [0.1, 0.15) is 5.82 Å². The molecule has 0 aromatic carbocycles. The van der Waals surface area contributed by atoms with E-state index >= 15 is 0 Å². The van der Waals surface area contributed by atoms with Crippen molar-refractivity contribution in [3.63, 3.8) is 0 Å². The Kier molecular flexibility index (Phi) is 5.80. The molecule has 1 aliphatic heterocycles. The second kappa shape index (κ2) is 8.57. The molecule has 0 atom stereocenters. The molecule has 7 heteroatoms. The zero-order valence-corrected chi connectivity index (χ0v) is 18.8. The van der Waals surface area contributed by atoms with Crippen LogP contribution < -0.4 is 10.6 Å². The first kappa shape index (κ1) is 21.0. The summed E-state index contributed by atoms with van der Waals surface area (Å²) < 4.78 is 1.97. The highest BCUT2D eigenvalue weighted by atomic mass is 16.2. The fourth-order valence-electron chi connectivity index (χ4n) is 7.26. The number of nitrogens with zero attached hydrogens (tertiary/aromatic N) is 3. The lowest BCUT2D eigenvalue weighted by Crippen LogP contribution is -2.53. The summed E-state index contributed by atoms with van der Waals surface area (Å²) in [4.78, 5) is 28.1. The third-order valence-electron chi connectivity index (χ3n) is 8.45. The molecule has 5 fully saturated rings. The number of hydrogen-bond acceptors (Lipinski definition) is 4. The average Bonchev–Trinajstić information content (AvgIpc) is 3.20. The summed E-state index contributed by atoms with van der Waals surface area (Å²) in [7, 11) is 0. The zero-order valence-electron chi connectivity index (χ0n) is 18.8. The lowest BCUT2D eigenvalue weighted by atomic mass is 9.49. The number of amides is 2. The van der Waals surface area contributed by atoms with Gasteiger partial charge in [-0.3, -0.25) is 9.59 Å². The van der Waals surface area contributed by atoms with E-state index in [1.165, 1.54) is 19.3 Å². The molecule has 4 aliphatic carbocycles. The van der Waals surface area contributed by atoms with Gasteiger partial charge in [0.15, 0.2) is 0 Å². The first-order chi connectivity index (χ1) is 15.0. The number of carbonyl (C=O) groups excluding carboxylic acids is 2. The molecule has 31 heavy (non-hydrogen) atoms. The van der Waals surface area contributed by atoms with E-state index in [-0.39, 0.29) is 17.2 Å². The van der Waals surface area contributed by atoms with Crippen molar-refractivity contribution in [3.8, 4) is 0 Å². The van der Waals surface area contributed by atoms with E-state index in [2.05, 4.69) is 27.6 Å². The highest BCUT2D eigenvalue weighted by Crippen LogP contribution is 2.60. The van der Waals surface area contributed by atoms with Crippen LogP contribution in [0.5, 0.6) is 0 Å². The Labute approximate surface area is 185 Å². The number of nitrogens with one attached hydrogen (secondary N) is 2. The maximum Gasteiger partial charge on any atom is 0.227 e. The maximum atomic E-state index is 13.0. The number of aromatic nitrogens is 2. The minimum absolute atomic E-state index is 0.0569. The highest BCUT2D eigenvalue weighted by Gasteiger charge is 2.54. The van der Waals surface area contributed by atoms with Gasteiger partial charge in [-0.15, -0.1) is 0 Å². The molecule has 0 spiro atoms. The van der Waals surface area contributed by atoms with Gasteiger partial charge in [0.2, 0.25) is 11.8 Å². The van der Waals surface area contributed by atoms with Crippen molar-refractivity contribution in [3.05, 3.63) is 12.3 Å². The Morgan fingerprint density at radius 3 is 2.35 bits per heavy atom. The van der Waals surface area contributed by atoms with Gasteiger partial charge in [0, 0.05) is 37.5 Å². The first-order valence-electron chi connectivity index (χ1n) is 12.4. The molecule has 170 valence electrons. The van der Waals surface area contributed by atoms with Gasteiger partial charge >= 0.3 is 0 Å². The van der Waals surface area contributed by atoms with Crippen LogP contribution in [0.1, 0.15) is 70.8 Å². The second-order valence-electron chi connectivity index (χ2n) is 10.6. The quantitative estimate of drug-likeness (QED) is 0.700. The summed E-state index contributed by atoms with van der Waals surface area (Å²) >= 11 is 0. The van der Waals surface area contributed by atoms with Crippen molar-refractivity contribution in [2.75, 3.05) is 31.5 Å². The molecule has 0 radical (unpaired) electrons. The van der Waals surface area contributed by atoms with Gasteiger partial charge in [0.05, 0.1) is 12.2 Å². The van der Waals surface area contributed by atoms with Crippen LogP contribution in [0.2, 0.25) is 0 Å². The normalized spacial score (nSPS) is 32.9. The summed E-state index contributed by atoms with van der Waals surface area (Å²) in [5, 5.41) is 10.6. The molecule has 1 saturated heterocycles. The SMILES string of the molecule is CCN1CCC(n2nccc2NC(=O)CCNC(=O)C23CC4CC(CC(C4)C2)C3)CC1. The minimum atomic E-state index is -0.142. The van der Waals surface area contributed by atoms with Crippen molar-refractivity contribution >= 4 is 17.6 Å². The Morgan fingerprint density at radius 1 is 1.10 bits per heavy atom. The summed E-state index contributed by atoms with van der Waals surface area (Å²) in [6, 6.07) is 2.21. The van der Waals surface area contributed by atoms with Gasteiger partial charge in [-0.1, -0.05) is 6.92 Å². The van der Waals surface area contributed by atoms with Crippen LogP contribution in [0.4, 0.5) is 5.82 Å². The van der Waals surface area contributed by atoms with Crippen molar-refractivity contribution in [2.45, 2.75) is 70.8 Å². The highest BCUT2D eigenvalue weighted by molar-refractivity contribution is 5.90. The van der Waals surface area contributed by atoms with Gasteiger partial charge in [-0.2, -0.15) is 5.10 Å². The number of rotatable bonds is 7. The first-order valence-corrected chi connectivity index (χ1v) is 12.4. The molecule has 2 amide bonds.